The molecule has 0 bridgehead atoms. The molecule has 0 unspecified atom stereocenters. The Morgan fingerprint density at radius 1 is 1.27 bits per heavy atom. The van der Waals surface area contributed by atoms with E-state index in [4.69, 9.17) is 23.2 Å². The highest BCUT2D eigenvalue weighted by Gasteiger charge is 2.27. The van der Waals surface area contributed by atoms with Gasteiger partial charge in [0.15, 0.2) is 0 Å². The Kier molecular flexibility index (Phi) is 6.05. The smallest absolute Gasteiger partial charge is 0.233 e. The van der Waals surface area contributed by atoms with Crippen molar-refractivity contribution in [1.29, 1.82) is 0 Å². The molecule has 3 rings (SSSR count). The zero-order chi connectivity index (χ0) is 18.7. The summed E-state index contributed by atoms with van der Waals surface area (Å²) >= 11 is 12.2. The highest BCUT2D eigenvalue weighted by atomic mass is 35.5. The van der Waals surface area contributed by atoms with Crippen LogP contribution >= 0.6 is 23.2 Å². The van der Waals surface area contributed by atoms with Crippen LogP contribution in [-0.4, -0.2) is 16.0 Å². The van der Waals surface area contributed by atoms with E-state index in [1.54, 1.807) is 25.1 Å². The molecule has 6 heteroatoms. The first-order chi connectivity index (χ1) is 12.4. The summed E-state index contributed by atoms with van der Waals surface area (Å²) in [6.45, 7) is 1.80. The fourth-order valence-corrected chi connectivity index (χ4v) is 3.90. The van der Waals surface area contributed by atoms with Crippen LogP contribution in [0, 0.1) is 12.8 Å². The molecule has 0 aliphatic heterocycles. The van der Waals surface area contributed by atoms with Gasteiger partial charge in [0, 0.05) is 0 Å². The van der Waals surface area contributed by atoms with Gasteiger partial charge < -0.3 is 10.4 Å². The Hall–Kier alpha value is -1.78. The molecule has 1 saturated carbocycles. The lowest BCUT2D eigenvalue weighted by atomic mass is 9.87. The first-order valence-electron chi connectivity index (χ1n) is 8.85. The molecule has 0 saturated heterocycles. The zero-order valence-corrected chi connectivity index (χ0v) is 16.1. The van der Waals surface area contributed by atoms with Gasteiger partial charge in [0.25, 0.3) is 0 Å². The van der Waals surface area contributed by atoms with Crippen molar-refractivity contribution in [3.05, 3.63) is 51.6 Å². The number of halogens is 2. The third kappa shape index (κ3) is 4.49. The number of anilines is 1. The van der Waals surface area contributed by atoms with Crippen molar-refractivity contribution >= 4 is 34.9 Å². The average Bonchev–Trinajstić information content (AvgIpc) is 3.11. The number of aromatic hydroxyl groups is 1. The van der Waals surface area contributed by atoms with Crippen molar-refractivity contribution < 1.29 is 9.90 Å². The minimum Gasteiger partial charge on any atom is -0.506 e. The van der Waals surface area contributed by atoms with Gasteiger partial charge in [-0.3, -0.25) is 4.79 Å². The summed E-state index contributed by atoms with van der Waals surface area (Å²) in [7, 11) is 0. The fraction of sp³-hybridized carbons (Fsp3) is 0.400. The van der Waals surface area contributed by atoms with Crippen molar-refractivity contribution in [1.82, 2.24) is 4.98 Å². The number of nitrogens with zero attached hydrogens (tertiary/aromatic N) is 1. The van der Waals surface area contributed by atoms with Crippen LogP contribution in [0.1, 0.15) is 49.1 Å². The second-order valence-electron chi connectivity index (χ2n) is 6.96. The molecule has 2 aromatic rings. The van der Waals surface area contributed by atoms with E-state index >= 15 is 0 Å². The molecule has 26 heavy (non-hydrogen) atoms. The van der Waals surface area contributed by atoms with Gasteiger partial charge in [-0.15, -0.1) is 0 Å². The topological polar surface area (TPSA) is 62.2 Å². The van der Waals surface area contributed by atoms with E-state index in [0.717, 1.165) is 24.8 Å². The van der Waals surface area contributed by atoms with Gasteiger partial charge in [-0.25, -0.2) is 4.98 Å². The number of hydrogen-bond donors (Lipinski definition) is 2. The minimum atomic E-state index is -0.317. The standard InChI is InChI=1S/C20H22Cl2N2O2/c1-12-8-15(25)11-23-19(12)24-20(26)16(9-13-4-2-3-5-13)14-6-7-17(21)18(22)10-14/h6-8,10-11,13,16,25H,2-5,9H2,1H3,(H,23,24,26)/t16-/m1/s1. The number of carbonyl (C=O) groups excluding carboxylic acids is 1. The lowest BCUT2D eigenvalue weighted by molar-refractivity contribution is -0.118. The second kappa shape index (κ2) is 8.28. The third-order valence-electron chi connectivity index (χ3n) is 5.01. The molecule has 0 spiro atoms. The molecule has 1 aromatic heterocycles. The molecule has 1 aromatic carbocycles. The molecule has 1 aliphatic rings. The van der Waals surface area contributed by atoms with Crippen molar-refractivity contribution in [2.24, 2.45) is 5.92 Å². The second-order valence-corrected chi connectivity index (χ2v) is 7.77. The van der Waals surface area contributed by atoms with Crippen molar-refractivity contribution in [2.75, 3.05) is 5.32 Å². The molecule has 1 atom stereocenters. The van der Waals surface area contributed by atoms with Gasteiger partial charge in [-0.05, 0) is 48.6 Å². The average molecular weight is 393 g/mol. The fourth-order valence-electron chi connectivity index (χ4n) is 3.60. The van der Waals surface area contributed by atoms with Gasteiger partial charge in [-0.1, -0.05) is 55.0 Å². The molecule has 0 radical (unpaired) electrons. The van der Waals surface area contributed by atoms with Crippen LogP contribution in [0.25, 0.3) is 0 Å². The van der Waals surface area contributed by atoms with Gasteiger partial charge in [-0.2, -0.15) is 0 Å². The number of benzene rings is 1. The van der Waals surface area contributed by atoms with Crippen LogP contribution < -0.4 is 5.32 Å². The first kappa shape index (κ1) is 19.0. The summed E-state index contributed by atoms with van der Waals surface area (Å²) in [5, 5.41) is 13.3. The Labute approximate surface area is 163 Å². The lowest BCUT2D eigenvalue weighted by Crippen LogP contribution is -2.24. The Balaban J connectivity index is 1.85. The normalized spacial score (nSPS) is 15.8. The molecule has 138 valence electrons. The number of hydrogen-bond acceptors (Lipinski definition) is 3. The minimum absolute atomic E-state index is 0.0764. The van der Waals surface area contributed by atoms with Gasteiger partial charge in [0.2, 0.25) is 5.91 Å². The van der Waals surface area contributed by atoms with Crippen molar-refractivity contribution in [3.8, 4) is 5.75 Å². The van der Waals surface area contributed by atoms with Gasteiger partial charge >= 0.3 is 0 Å². The maximum atomic E-state index is 13.0. The highest BCUT2D eigenvalue weighted by Crippen LogP contribution is 2.36. The summed E-state index contributed by atoms with van der Waals surface area (Å²) in [6.07, 6.45) is 6.86. The molecule has 1 heterocycles. The van der Waals surface area contributed by atoms with Crippen LogP contribution in [0.3, 0.4) is 0 Å². The first-order valence-corrected chi connectivity index (χ1v) is 9.61. The molecule has 1 aliphatic carbocycles. The van der Waals surface area contributed by atoms with Crippen LogP contribution in [0.2, 0.25) is 10.0 Å². The summed E-state index contributed by atoms with van der Waals surface area (Å²) in [6, 6.07) is 6.96. The molecule has 2 N–H and O–H groups in total. The van der Waals surface area contributed by atoms with E-state index < -0.39 is 0 Å². The Morgan fingerprint density at radius 3 is 2.65 bits per heavy atom. The van der Waals surface area contributed by atoms with Gasteiger partial charge in [0.1, 0.15) is 11.6 Å². The number of pyridine rings is 1. The largest absolute Gasteiger partial charge is 0.506 e. The lowest BCUT2D eigenvalue weighted by Gasteiger charge is -2.21. The van der Waals surface area contributed by atoms with Crippen LogP contribution in [0.4, 0.5) is 5.82 Å². The third-order valence-corrected chi connectivity index (χ3v) is 5.75. The molecular weight excluding hydrogens is 371 g/mol. The monoisotopic (exact) mass is 392 g/mol. The summed E-state index contributed by atoms with van der Waals surface area (Å²) in [4.78, 5) is 17.2. The van der Waals surface area contributed by atoms with E-state index in [1.807, 2.05) is 6.07 Å². The zero-order valence-electron chi connectivity index (χ0n) is 14.6. The van der Waals surface area contributed by atoms with E-state index in [-0.39, 0.29) is 17.6 Å². The predicted octanol–water partition coefficient (Wildman–Crippen LogP) is 5.71. The summed E-state index contributed by atoms with van der Waals surface area (Å²) in [5.41, 5.74) is 1.58. The molecule has 1 fully saturated rings. The van der Waals surface area contributed by atoms with Gasteiger partial charge in [0.05, 0.1) is 22.2 Å². The van der Waals surface area contributed by atoms with Crippen LogP contribution in [0.5, 0.6) is 5.75 Å². The molecule has 4 nitrogen and oxygen atoms in total. The number of amides is 1. The number of aryl methyl sites for hydroxylation is 1. The SMILES string of the molecule is Cc1cc(O)cnc1NC(=O)[C@H](CC1CCCC1)c1ccc(Cl)c(Cl)c1. The maximum Gasteiger partial charge on any atom is 0.233 e. The highest BCUT2D eigenvalue weighted by molar-refractivity contribution is 6.42. The van der Waals surface area contributed by atoms with E-state index in [0.29, 0.717) is 27.3 Å². The summed E-state index contributed by atoms with van der Waals surface area (Å²) < 4.78 is 0. The predicted molar refractivity (Wildman–Crippen MR) is 105 cm³/mol. The van der Waals surface area contributed by atoms with Crippen molar-refractivity contribution in [2.45, 2.75) is 44.9 Å². The molecular formula is C20H22Cl2N2O2. The molecule has 1 amide bonds. The van der Waals surface area contributed by atoms with Crippen LogP contribution in [-0.2, 0) is 4.79 Å². The van der Waals surface area contributed by atoms with E-state index in [1.165, 1.54) is 19.0 Å². The summed E-state index contributed by atoms with van der Waals surface area (Å²) in [5.74, 6) is 0.644. The van der Waals surface area contributed by atoms with Crippen LogP contribution in [0.15, 0.2) is 30.5 Å². The maximum absolute atomic E-state index is 13.0. The number of nitrogens with one attached hydrogen (secondary N) is 1. The van der Waals surface area contributed by atoms with E-state index in [2.05, 4.69) is 10.3 Å². The van der Waals surface area contributed by atoms with Crippen molar-refractivity contribution in [3.63, 3.8) is 0 Å². The Bertz CT molecular complexity index is 804. The number of rotatable bonds is 5. The number of carbonyl (C=O) groups is 1. The van der Waals surface area contributed by atoms with E-state index in [9.17, 15) is 9.90 Å². The Morgan fingerprint density at radius 2 is 2.00 bits per heavy atom. The quantitative estimate of drug-likeness (QED) is 0.685. The number of aromatic nitrogens is 1.